The molecule has 1 saturated heterocycles. The molecular weight excluding hydrogens is 632 g/mol. The van der Waals surface area contributed by atoms with Crippen LogP contribution in [0.5, 0.6) is 0 Å². The quantitative estimate of drug-likeness (QED) is 0.240. The summed E-state index contributed by atoms with van der Waals surface area (Å²) in [5, 5.41) is 7.44. The zero-order valence-electron chi connectivity index (χ0n) is 23.2. The summed E-state index contributed by atoms with van der Waals surface area (Å²) in [7, 11) is 1.19. The predicted octanol–water partition coefficient (Wildman–Crippen LogP) is 4.08. The van der Waals surface area contributed by atoms with Crippen molar-refractivity contribution in [2.45, 2.75) is 25.0 Å². The van der Waals surface area contributed by atoms with Gasteiger partial charge in [0.15, 0.2) is 11.3 Å². The van der Waals surface area contributed by atoms with Crippen molar-refractivity contribution in [2.75, 3.05) is 33.4 Å². The fourth-order valence-electron chi connectivity index (χ4n) is 4.65. The summed E-state index contributed by atoms with van der Waals surface area (Å²) < 4.78 is 91.2. The van der Waals surface area contributed by atoms with Crippen LogP contribution in [0.15, 0.2) is 52.5 Å². The Labute approximate surface area is 255 Å². The fourth-order valence-corrected chi connectivity index (χ4v) is 5.60. The number of amidine groups is 1. The van der Waals surface area contributed by atoms with Crippen molar-refractivity contribution in [3.05, 3.63) is 69.8 Å². The Morgan fingerprint density at radius 2 is 1.91 bits per heavy atom. The molecule has 5 rings (SSSR count). The van der Waals surface area contributed by atoms with Crippen LogP contribution in [-0.4, -0.2) is 77.1 Å². The third-order valence-electron chi connectivity index (χ3n) is 6.90. The zero-order chi connectivity index (χ0) is 32.5. The Kier molecular flexibility index (Phi) is 8.93. The highest BCUT2D eigenvalue weighted by Crippen LogP contribution is 2.38. The Balaban J connectivity index is 1.29. The van der Waals surface area contributed by atoms with E-state index in [1.807, 2.05) is 0 Å². The lowest BCUT2D eigenvalue weighted by atomic mass is 10.0. The van der Waals surface area contributed by atoms with Crippen LogP contribution in [0.2, 0.25) is 0 Å². The van der Waals surface area contributed by atoms with Gasteiger partial charge < -0.3 is 19.7 Å². The molecule has 238 valence electrons. The second-order valence-electron chi connectivity index (χ2n) is 9.90. The van der Waals surface area contributed by atoms with E-state index in [2.05, 4.69) is 20.1 Å². The second kappa shape index (κ2) is 12.5. The Morgan fingerprint density at radius 1 is 1.13 bits per heavy atom. The lowest BCUT2D eigenvalue weighted by molar-refractivity contribution is -0.144. The van der Waals surface area contributed by atoms with E-state index in [1.165, 1.54) is 18.0 Å². The molecule has 2 amide bonds. The Bertz CT molecular complexity index is 1720. The minimum atomic E-state index is -5.01. The molecule has 1 aromatic heterocycles. The molecule has 0 unspecified atom stereocenters. The van der Waals surface area contributed by atoms with Gasteiger partial charge in [0.05, 0.1) is 54.6 Å². The maximum absolute atomic E-state index is 13.6. The van der Waals surface area contributed by atoms with Crippen molar-refractivity contribution in [2.24, 2.45) is 4.99 Å². The number of carbonyl (C=O) groups is 3. The van der Waals surface area contributed by atoms with Gasteiger partial charge in [-0.05, 0) is 53.2 Å². The normalized spacial score (nSPS) is 18.4. The summed E-state index contributed by atoms with van der Waals surface area (Å²) in [6.45, 7) is -0.0968. The molecule has 0 bridgehead atoms. The molecular formula is C28H23F6N5O5S. The third kappa shape index (κ3) is 7.30. The second-order valence-corrected chi connectivity index (χ2v) is 10.9. The molecule has 3 aromatic rings. The summed E-state index contributed by atoms with van der Waals surface area (Å²) >= 11 is 1.09. The lowest BCUT2D eigenvalue weighted by Gasteiger charge is -2.32. The molecule has 45 heavy (non-hydrogen) atoms. The summed E-state index contributed by atoms with van der Waals surface area (Å²) in [6, 6.07) is 6.35. The van der Waals surface area contributed by atoms with E-state index in [0.717, 1.165) is 17.8 Å². The first kappa shape index (κ1) is 32.0. The van der Waals surface area contributed by atoms with E-state index in [9.17, 15) is 40.7 Å². The van der Waals surface area contributed by atoms with Gasteiger partial charge in [0.1, 0.15) is 6.54 Å². The van der Waals surface area contributed by atoms with Crippen LogP contribution < -0.4 is 5.32 Å². The molecule has 3 heterocycles. The van der Waals surface area contributed by atoms with Crippen LogP contribution in [0.4, 0.5) is 26.3 Å². The van der Waals surface area contributed by atoms with Gasteiger partial charge in [0, 0.05) is 11.9 Å². The van der Waals surface area contributed by atoms with E-state index in [4.69, 9.17) is 4.74 Å². The maximum Gasteiger partial charge on any atom is 0.416 e. The van der Waals surface area contributed by atoms with Gasteiger partial charge in [0.2, 0.25) is 0 Å². The highest BCUT2D eigenvalue weighted by Gasteiger charge is 2.38. The predicted molar refractivity (Wildman–Crippen MR) is 150 cm³/mol. The van der Waals surface area contributed by atoms with Gasteiger partial charge in [-0.15, -0.1) is 0 Å². The number of esters is 1. The molecule has 0 spiro atoms. The number of aromatic nitrogens is 2. The van der Waals surface area contributed by atoms with E-state index in [1.54, 1.807) is 29.2 Å². The topological polar surface area (TPSA) is 115 Å². The number of nitrogens with zero attached hydrogens (tertiary/aromatic N) is 4. The number of morpholine rings is 1. The highest BCUT2D eigenvalue weighted by molar-refractivity contribution is 8.18. The summed E-state index contributed by atoms with van der Waals surface area (Å²) in [4.78, 5) is 42.5. The number of methoxy groups -OCH3 is 1. The van der Waals surface area contributed by atoms with E-state index >= 15 is 0 Å². The van der Waals surface area contributed by atoms with Gasteiger partial charge in [-0.3, -0.25) is 19.1 Å². The van der Waals surface area contributed by atoms with Gasteiger partial charge in [0.25, 0.3) is 11.8 Å². The number of rotatable bonds is 6. The number of amides is 2. The highest BCUT2D eigenvalue weighted by atomic mass is 32.2. The van der Waals surface area contributed by atoms with Gasteiger partial charge in [-0.1, -0.05) is 12.1 Å². The average molecular weight is 656 g/mol. The summed E-state index contributed by atoms with van der Waals surface area (Å²) in [5.41, 5.74) is -2.18. The summed E-state index contributed by atoms with van der Waals surface area (Å²) in [5.74, 6) is -1.64. The minimum Gasteiger partial charge on any atom is -0.468 e. The van der Waals surface area contributed by atoms with Crippen molar-refractivity contribution in [3.63, 3.8) is 0 Å². The number of hydrogen-bond acceptors (Lipinski definition) is 8. The SMILES string of the molecule is COC(=O)CNC(=O)[C@@H]1CN(C2=NC(=O)C(=Cc3ccc4c(cnn4Cc4ccc(C(F)(F)F)cc4C(F)(F)F)c3)S2)CCO1. The fraction of sp³-hybridized carbons (Fsp3) is 0.321. The Hall–Kier alpha value is -4.38. The number of thioether (sulfide) groups is 1. The van der Waals surface area contributed by atoms with Crippen LogP contribution in [0.3, 0.4) is 0 Å². The van der Waals surface area contributed by atoms with Gasteiger partial charge >= 0.3 is 18.3 Å². The molecule has 0 radical (unpaired) electrons. The number of benzene rings is 2. The first-order valence-electron chi connectivity index (χ1n) is 13.2. The molecule has 1 fully saturated rings. The zero-order valence-corrected chi connectivity index (χ0v) is 24.1. The van der Waals surface area contributed by atoms with E-state index in [0.29, 0.717) is 34.2 Å². The third-order valence-corrected chi connectivity index (χ3v) is 7.94. The first-order valence-corrected chi connectivity index (χ1v) is 14.0. The average Bonchev–Trinajstić information content (AvgIpc) is 3.57. The van der Waals surface area contributed by atoms with Gasteiger partial charge in [-0.2, -0.15) is 36.4 Å². The van der Waals surface area contributed by atoms with Crippen molar-refractivity contribution in [1.29, 1.82) is 0 Å². The molecule has 10 nitrogen and oxygen atoms in total. The molecule has 1 atom stereocenters. The number of aliphatic imine (C=N–C) groups is 1. The lowest BCUT2D eigenvalue weighted by Crippen LogP contribution is -2.51. The van der Waals surface area contributed by atoms with Crippen molar-refractivity contribution >= 4 is 51.7 Å². The molecule has 0 aliphatic carbocycles. The number of carbonyl (C=O) groups excluding carboxylic acids is 3. The standard InChI is InChI=1S/C28H23F6N5O5S/c1-43-23(40)12-35-24(41)21-14-38(6-7-44-21)26-37-25(42)22(45-26)9-15-2-5-20-17(8-15)11-36-39(20)13-16-3-4-18(27(29,30)31)10-19(16)28(32,33)34/h2-5,8-11,21H,6-7,12-14H2,1H3,(H,35,41)/t21-/m0/s1. The van der Waals surface area contributed by atoms with E-state index < -0.39 is 53.9 Å². The van der Waals surface area contributed by atoms with E-state index in [-0.39, 0.29) is 36.2 Å². The molecule has 0 saturated carbocycles. The van der Waals surface area contributed by atoms with Crippen LogP contribution >= 0.6 is 11.8 Å². The molecule has 2 aliphatic rings. The first-order chi connectivity index (χ1) is 21.2. The van der Waals surface area contributed by atoms with Gasteiger partial charge in [-0.25, -0.2) is 0 Å². The molecule has 2 aliphatic heterocycles. The maximum atomic E-state index is 13.6. The Morgan fingerprint density at radius 3 is 2.62 bits per heavy atom. The van der Waals surface area contributed by atoms with Crippen LogP contribution in [-0.2, 0) is 42.8 Å². The number of fused-ring (bicyclic) bond motifs is 1. The monoisotopic (exact) mass is 655 g/mol. The van der Waals surface area contributed by atoms with Crippen LogP contribution in [0.1, 0.15) is 22.3 Å². The molecule has 1 N–H and O–H groups in total. The molecule has 2 aromatic carbocycles. The van der Waals surface area contributed by atoms with Crippen LogP contribution in [0.25, 0.3) is 17.0 Å². The van der Waals surface area contributed by atoms with Crippen molar-refractivity contribution < 1.29 is 50.2 Å². The molecule has 17 heteroatoms. The smallest absolute Gasteiger partial charge is 0.416 e. The number of alkyl halides is 6. The minimum absolute atomic E-state index is 0.0922. The number of nitrogens with one attached hydrogen (secondary N) is 1. The largest absolute Gasteiger partial charge is 0.468 e. The van der Waals surface area contributed by atoms with Crippen LogP contribution in [0, 0.1) is 0 Å². The van der Waals surface area contributed by atoms with Crippen molar-refractivity contribution in [3.8, 4) is 0 Å². The summed E-state index contributed by atoms with van der Waals surface area (Å²) in [6.07, 6.45) is -7.85. The van der Waals surface area contributed by atoms with Crippen molar-refractivity contribution in [1.82, 2.24) is 20.0 Å². The number of halogens is 6. The number of hydrogen-bond donors (Lipinski definition) is 1. The number of ether oxygens (including phenoxy) is 2.